The molecule has 0 unspecified atom stereocenters. The van der Waals surface area contributed by atoms with Gasteiger partial charge in [0.1, 0.15) is 0 Å². The van der Waals surface area contributed by atoms with Gasteiger partial charge in [-0.1, -0.05) is 13.5 Å². The molecule has 4 fully saturated rings. The zero-order valence-electron chi connectivity index (χ0n) is 15.3. The Bertz CT molecular complexity index is 648. The van der Waals surface area contributed by atoms with E-state index < -0.39 is 40.5 Å². The predicted molar refractivity (Wildman–Crippen MR) is 92.9 cm³/mol. The zero-order chi connectivity index (χ0) is 19.1. The number of rotatable bonds is 2. The molecule has 4 aliphatic rings. The summed E-state index contributed by atoms with van der Waals surface area (Å²) < 4.78 is 0. The van der Waals surface area contributed by atoms with Gasteiger partial charge < -0.3 is 25.5 Å². The van der Waals surface area contributed by atoms with Gasteiger partial charge in [-0.2, -0.15) is 0 Å². The summed E-state index contributed by atoms with van der Waals surface area (Å²) in [4.78, 5) is 13.2. The van der Waals surface area contributed by atoms with Crippen LogP contribution in [0, 0.1) is 34.0 Å². The maximum absolute atomic E-state index is 13.2. The molecule has 9 atom stereocenters. The smallest absolute Gasteiger partial charge is 0.170 e. The summed E-state index contributed by atoms with van der Waals surface area (Å²) >= 11 is 0. The van der Waals surface area contributed by atoms with Crippen LogP contribution in [-0.4, -0.2) is 62.8 Å². The van der Waals surface area contributed by atoms with Crippen LogP contribution >= 0.6 is 0 Å². The largest absolute Gasteiger partial charge is 0.396 e. The van der Waals surface area contributed by atoms with Crippen molar-refractivity contribution in [2.45, 2.75) is 57.3 Å². The van der Waals surface area contributed by atoms with Crippen molar-refractivity contribution in [1.29, 1.82) is 0 Å². The SMILES string of the molecule is C=C1C(=O)[C@@]23[C@H](O)C[C@@H]4[C@](C)(CO)CC[C@H](O)[C@@]4(CO)[C@@H]2CC[C@@H]1[C@H]3O. The highest BCUT2D eigenvalue weighted by Gasteiger charge is 2.76. The fourth-order valence-corrected chi connectivity index (χ4v) is 7.38. The van der Waals surface area contributed by atoms with E-state index in [0.717, 1.165) is 0 Å². The molecule has 4 aliphatic carbocycles. The van der Waals surface area contributed by atoms with E-state index in [1.807, 2.05) is 6.92 Å². The maximum Gasteiger partial charge on any atom is 0.170 e. The molecule has 0 heterocycles. The van der Waals surface area contributed by atoms with Crippen molar-refractivity contribution < 1.29 is 30.3 Å². The lowest BCUT2D eigenvalue weighted by Crippen LogP contribution is -2.72. The van der Waals surface area contributed by atoms with Crippen molar-refractivity contribution in [3.63, 3.8) is 0 Å². The van der Waals surface area contributed by atoms with Crippen LogP contribution in [0.1, 0.15) is 39.0 Å². The third-order valence-corrected chi connectivity index (χ3v) is 8.74. The molecule has 0 aromatic carbocycles. The Kier molecular flexibility index (Phi) is 4.01. The van der Waals surface area contributed by atoms with Crippen LogP contribution in [-0.2, 0) is 4.79 Å². The molecule has 4 saturated carbocycles. The van der Waals surface area contributed by atoms with E-state index >= 15 is 0 Å². The number of carbonyl (C=O) groups excluding carboxylic acids is 1. The van der Waals surface area contributed by atoms with Gasteiger partial charge in [0, 0.05) is 17.9 Å². The van der Waals surface area contributed by atoms with Gasteiger partial charge in [-0.05, 0) is 54.9 Å². The van der Waals surface area contributed by atoms with Gasteiger partial charge >= 0.3 is 0 Å². The third kappa shape index (κ3) is 1.78. The number of fused-ring (bicyclic) bond motifs is 3. The zero-order valence-corrected chi connectivity index (χ0v) is 15.3. The van der Waals surface area contributed by atoms with Crippen LogP contribution in [0.3, 0.4) is 0 Å². The molecule has 4 rings (SSSR count). The topological polar surface area (TPSA) is 118 Å². The molecule has 5 N–H and O–H groups in total. The average molecular weight is 366 g/mol. The Morgan fingerprint density at radius 2 is 1.73 bits per heavy atom. The number of ketones is 1. The first-order chi connectivity index (χ1) is 12.2. The predicted octanol–water partition coefficient (Wildman–Crippen LogP) is 0.0116. The average Bonchev–Trinajstić information content (AvgIpc) is 2.74. The Hall–Kier alpha value is -0.790. The normalized spacial score (nSPS) is 56.2. The number of hydrogen-bond donors (Lipinski definition) is 5. The van der Waals surface area contributed by atoms with Gasteiger partial charge in [0.25, 0.3) is 0 Å². The number of hydrogen-bond acceptors (Lipinski definition) is 6. The Labute approximate surface area is 153 Å². The van der Waals surface area contributed by atoms with E-state index in [1.165, 1.54) is 0 Å². The summed E-state index contributed by atoms with van der Waals surface area (Å²) in [7, 11) is 0. The molecule has 0 radical (unpaired) electrons. The first-order valence-electron chi connectivity index (χ1n) is 9.71. The molecule has 0 amide bonds. The van der Waals surface area contributed by atoms with Crippen LogP contribution in [0.5, 0.6) is 0 Å². The van der Waals surface area contributed by atoms with Crippen LogP contribution in [0.2, 0.25) is 0 Å². The van der Waals surface area contributed by atoms with Crippen molar-refractivity contribution >= 4 is 5.78 Å². The van der Waals surface area contributed by atoms with Crippen molar-refractivity contribution in [1.82, 2.24) is 0 Å². The van der Waals surface area contributed by atoms with Gasteiger partial charge in [0.15, 0.2) is 5.78 Å². The van der Waals surface area contributed by atoms with Crippen LogP contribution in [0.15, 0.2) is 12.2 Å². The van der Waals surface area contributed by atoms with E-state index in [2.05, 4.69) is 6.58 Å². The number of aliphatic hydroxyl groups is 5. The summed E-state index contributed by atoms with van der Waals surface area (Å²) in [5.74, 6) is -1.52. The van der Waals surface area contributed by atoms with Crippen molar-refractivity contribution in [2.75, 3.05) is 13.2 Å². The molecule has 0 aromatic heterocycles. The monoisotopic (exact) mass is 366 g/mol. The van der Waals surface area contributed by atoms with Crippen LogP contribution in [0.25, 0.3) is 0 Å². The van der Waals surface area contributed by atoms with E-state index in [1.54, 1.807) is 0 Å². The van der Waals surface area contributed by atoms with Gasteiger partial charge in [0.05, 0.1) is 30.3 Å². The van der Waals surface area contributed by atoms with Crippen LogP contribution in [0.4, 0.5) is 0 Å². The summed E-state index contributed by atoms with van der Waals surface area (Å²) in [6.07, 6.45) is -0.652. The maximum atomic E-state index is 13.2. The fraction of sp³-hybridized carbons (Fsp3) is 0.850. The van der Waals surface area contributed by atoms with Crippen molar-refractivity contribution in [2.24, 2.45) is 34.0 Å². The van der Waals surface area contributed by atoms with E-state index in [-0.39, 0.29) is 37.3 Å². The Morgan fingerprint density at radius 3 is 2.35 bits per heavy atom. The molecule has 0 aromatic rings. The second kappa shape index (κ2) is 5.61. The Morgan fingerprint density at radius 1 is 1.04 bits per heavy atom. The van der Waals surface area contributed by atoms with Crippen molar-refractivity contribution in [3.8, 4) is 0 Å². The fourth-order valence-electron chi connectivity index (χ4n) is 7.38. The molecule has 0 aliphatic heterocycles. The summed E-state index contributed by atoms with van der Waals surface area (Å²) in [6, 6.07) is 0. The van der Waals surface area contributed by atoms with Gasteiger partial charge in [-0.15, -0.1) is 0 Å². The number of aliphatic hydroxyl groups excluding tert-OH is 5. The lowest BCUT2D eigenvalue weighted by molar-refractivity contribution is -0.272. The van der Waals surface area contributed by atoms with Crippen molar-refractivity contribution in [3.05, 3.63) is 12.2 Å². The molecular weight excluding hydrogens is 336 g/mol. The number of Topliss-reactive ketones (excluding diaryl/α,β-unsaturated/α-hetero) is 1. The first kappa shape index (κ1) is 18.6. The molecule has 26 heavy (non-hydrogen) atoms. The minimum absolute atomic E-state index is 0.107. The second-order valence-corrected chi connectivity index (χ2v) is 9.41. The van der Waals surface area contributed by atoms with E-state index in [9.17, 15) is 30.3 Å². The number of carbonyl (C=O) groups is 1. The highest BCUT2D eigenvalue weighted by Crippen LogP contribution is 2.70. The molecule has 0 saturated heterocycles. The lowest BCUT2D eigenvalue weighted by Gasteiger charge is -2.67. The van der Waals surface area contributed by atoms with Gasteiger partial charge in [-0.3, -0.25) is 4.79 Å². The minimum Gasteiger partial charge on any atom is -0.396 e. The molecule has 6 nitrogen and oxygen atoms in total. The highest BCUT2D eigenvalue weighted by molar-refractivity contribution is 6.04. The quantitative estimate of drug-likeness (QED) is 0.440. The van der Waals surface area contributed by atoms with Gasteiger partial charge in [-0.25, -0.2) is 0 Å². The summed E-state index contributed by atoms with van der Waals surface area (Å²) in [5.41, 5.74) is -2.60. The van der Waals surface area contributed by atoms with E-state index in [0.29, 0.717) is 31.3 Å². The molecular formula is C20H30O6. The Balaban J connectivity index is 1.93. The third-order valence-electron chi connectivity index (χ3n) is 8.74. The summed E-state index contributed by atoms with van der Waals surface area (Å²) in [5, 5.41) is 53.8. The second-order valence-electron chi connectivity index (χ2n) is 9.41. The molecule has 2 bridgehead atoms. The van der Waals surface area contributed by atoms with E-state index in [4.69, 9.17) is 0 Å². The van der Waals surface area contributed by atoms with Gasteiger partial charge in [0.2, 0.25) is 0 Å². The first-order valence-corrected chi connectivity index (χ1v) is 9.71. The standard InChI is InChI=1S/C20H30O6/c1-10-11-3-4-12-19(9-22)13(18(2,8-21)6-5-14(19)23)7-15(24)20(12,16(10)25)17(11)26/h11-15,17,21-24,26H,1,3-9H2,2H3/t11-,12-,13+,14-,15+,17+,18-,19-,20-/m0/s1. The summed E-state index contributed by atoms with van der Waals surface area (Å²) in [6.45, 7) is 5.37. The van der Waals surface area contributed by atoms with Crippen LogP contribution < -0.4 is 0 Å². The highest BCUT2D eigenvalue weighted by atomic mass is 16.3. The molecule has 146 valence electrons. The lowest BCUT2D eigenvalue weighted by atomic mass is 9.38. The molecule has 6 heteroatoms. The minimum atomic E-state index is -1.39. The molecule has 1 spiro atoms.